The van der Waals surface area contributed by atoms with E-state index in [1.165, 1.54) is 0 Å². The molecule has 2 N–H and O–H groups in total. The number of nitrogens with one attached hydrogen (secondary N) is 2. The molecule has 1 aromatic rings. The summed E-state index contributed by atoms with van der Waals surface area (Å²) in [6.45, 7) is 6.60. The van der Waals surface area contributed by atoms with Gasteiger partial charge in [0.25, 0.3) is 0 Å². The maximum Gasteiger partial charge on any atom is 0.224 e. The van der Waals surface area contributed by atoms with E-state index in [0.717, 1.165) is 6.21 Å². The molecule has 0 saturated carbocycles. The van der Waals surface area contributed by atoms with Gasteiger partial charge in [0.15, 0.2) is 5.15 Å². The van der Waals surface area contributed by atoms with E-state index >= 15 is 0 Å². The number of rotatable bonds is 3. The Labute approximate surface area is 99.5 Å². The maximum absolute atomic E-state index is 7.08. The molecule has 0 unspecified atom stereocenters. The third kappa shape index (κ3) is 4.01. The predicted molar refractivity (Wildman–Crippen MR) is 65.4 cm³/mol. The number of anilines is 1. The normalized spacial score (nSPS) is 8.87. The molecular weight excluding hydrogens is 235 g/mol. The first-order valence-corrected chi connectivity index (χ1v) is 5.42. The van der Waals surface area contributed by atoms with Gasteiger partial charge in [-0.25, -0.2) is 9.97 Å². The molecule has 0 spiro atoms. The van der Waals surface area contributed by atoms with E-state index in [0.29, 0.717) is 17.9 Å². The summed E-state index contributed by atoms with van der Waals surface area (Å²) in [6.07, 6.45) is 1.08. The second-order valence-corrected chi connectivity index (χ2v) is 2.91. The van der Waals surface area contributed by atoms with Crippen molar-refractivity contribution in [2.45, 2.75) is 20.8 Å². The monoisotopic (exact) mass is 248 g/mol. The molecule has 84 valence electrons. The quantitative estimate of drug-likeness (QED) is 0.491. The van der Waals surface area contributed by atoms with Crippen LogP contribution in [0.3, 0.4) is 0 Å². The molecule has 1 aromatic heterocycles. The average molecular weight is 249 g/mol. The second-order valence-electron chi connectivity index (χ2n) is 2.22. The fourth-order valence-electron chi connectivity index (χ4n) is 0.868. The van der Waals surface area contributed by atoms with Gasteiger partial charge in [-0.2, -0.15) is 0 Å². The van der Waals surface area contributed by atoms with Gasteiger partial charge in [0, 0.05) is 12.8 Å². The number of aromatic nitrogens is 2. The smallest absolute Gasteiger partial charge is 0.224 e. The summed E-state index contributed by atoms with van der Waals surface area (Å²) in [4.78, 5) is 7.59. The topological polar surface area (TPSA) is 61.7 Å². The molecular formula is C9H14Cl2N4. The molecule has 0 aliphatic rings. The summed E-state index contributed by atoms with van der Waals surface area (Å²) in [5.41, 5.74) is 0.940. The lowest BCUT2D eigenvalue weighted by Crippen LogP contribution is -2.05. The Morgan fingerprint density at radius 3 is 2.40 bits per heavy atom. The minimum atomic E-state index is 0.0464. The van der Waals surface area contributed by atoms with Crippen molar-refractivity contribution >= 4 is 35.1 Å². The van der Waals surface area contributed by atoms with Crippen LogP contribution >= 0.6 is 23.2 Å². The zero-order chi connectivity index (χ0) is 11.8. The summed E-state index contributed by atoms with van der Waals surface area (Å²) >= 11 is 11.4. The number of halogens is 2. The minimum Gasteiger partial charge on any atom is -0.381 e. The number of hydrogen-bond acceptors (Lipinski definition) is 4. The van der Waals surface area contributed by atoms with Crippen molar-refractivity contribution in [3.63, 3.8) is 0 Å². The van der Waals surface area contributed by atoms with Gasteiger partial charge in [0.2, 0.25) is 5.28 Å². The van der Waals surface area contributed by atoms with Crippen LogP contribution < -0.4 is 5.32 Å². The molecule has 0 bridgehead atoms. The third-order valence-corrected chi connectivity index (χ3v) is 1.80. The Balaban J connectivity index is 0.000000921. The second kappa shape index (κ2) is 7.43. The van der Waals surface area contributed by atoms with Gasteiger partial charge in [-0.15, -0.1) is 0 Å². The number of nitrogens with zero attached hydrogens (tertiary/aromatic N) is 2. The largest absolute Gasteiger partial charge is 0.381 e. The highest BCUT2D eigenvalue weighted by Crippen LogP contribution is 2.22. The van der Waals surface area contributed by atoms with E-state index in [-0.39, 0.29) is 10.4 Å². The van der Waals surface area contributed by atoms with E-state index < -0.39 is 0 Å². The van der Waals surface area contributed by atoms with Gasteiger partial charge in [-0.3, -0.25) is 0 Å². The van der Waals surface area contributed by atoms with Gasteiger partial charge < -0.3 is 10.7 Å². The Morgan fingerprint density at radius 1 is 1.33 bits per heavy atom. The minimum absolute atomic E-state index is 0.0464. The van der Waals surface area contributed by atoms with Gasteiger partial charge in [-0.05, 0) is 18.5 Å². The van der Waals surface area contributed by atoms with Crippen molar-refractivity contribution in [3.8, 4) is 0 Å². The van der Waals surface area contributed by atoms with E-state index in [4.69, 9.17) is 28.6 Å². The average Bonchev–Trinajstić information content (AvgIpc) is 2.24. The highest BCUT2D eigenvalue weighted by Gasteiger charge is 2.08. The standard InChI is InChI=1S/C7H8Cl2N4.C2H6/c1-2-11-5-4(3-10)12-7(9)13-6(5)8;1-2/h3,10-11H,2H2,1H3;1-2H3. The van der Waals surface area contributed by atoms with Crippen LogP contribution in [-0.4, -0.2) is 22.7 Å². The zero-order valence-electron chi connectivity index (χ0n) is 8.93. The lowest BCUT2D eigenvalue weighted by atomic mass is 10.3. The highest BCUT2D eigenvalue weighted by molar-refractivity contribution is 6.34. The molecule has 0 aliphatic carbocycles. The van der Waals surface area contributed by atoms with E-state index in [2.05, 4.69) is 15.3 Å². The highest BCUT2D eigenvalue weighted by atomic mass is 35.5. The predicted octanol–water partition coefficient (Wildman–Crippen LogP) is 3.24. The molecule has 15 heavy (non-hydrogen) atoms. The van der Waals surface area contributed by atoms with Crippen LogP contribution in [0, 0.1) is 5.41 Å². The van der Waals surface area contributed by atoms with Crippen LogP contribution in [0.4, 0.5) is 5.69 Å². The first-order valence-electron chi connectivity index (χ1n) is 4.66. The van der Waals surface area contributed by atoms with Gasteiger partial charge in [0.1, 0.15) is 5.69 Å². The van der Waals surface area contributed by atoms with Crippen LogP contribution in [0.5, 0.6) is 0 Å². The third-order valence-electron chi connectivity index (χ3n) is 1.36. The van der Waals surface area contributed by atoms with Crippen LogP contribution in [0.25, 0.3) is 0 Å². The Morgan fingerprint density at radius 2 is 1.93 bits per heavy atom. The molecule has 0 amide bonds. The van der Waals surface area contributed by atoms with Gasteiger partial charge >= 0.3 is 0 Å². The van der Waals surface area contributed by atoms with E-state index in [1.54, 1.807) is 0 Å². The van der Waals surface area contributed by atoms with Crippen LogP contribution in [0.2, 0.25) is 10.4 Å². The molecule has 0 atom stereocenters. The molecule has 1 rings (SSSR count). The van der Waals surface area contributed by atoms with Gasteiger partial charge in [-0.1, -0.05) is 25.4 Å². The Bertz CT molecular complexity index is 328. The van der Waals surface area contributed by atoms with Crippen LogP contribution in [-0.2, 0) is 0 Å². The molecule has 0 aliphatic heterocycles. The lowest BCUT2D eigenvalue weighted by molar-refractivity contribution is 1.12. The maximum atomic E-state index is 7.08. The summed E-state index contributed by atoms with van der Waals surface area (Å²) in [5.74, 6) is 0. The fourth-order valence-corrected chi connectivity index (χ4v) is 1.33. The Kier molecular flexibility index (Phi) is 6.99. The van der Waals surface area contributed by atoms with Crippen molar-refractivity contribution in [3.05, 3.63) is 16.1 Å². The molecule has 1 heterocycles. The van der Waals surface area contributed by atoms with Crippen molar-refractivity contribution in [2.75, 3.05) is 11.9 Å². The lowest BCUT2D eigenvalue weighted by Gasteiger charge is -2.07. The zero-order valence-corrected chi connectivity index (χ0v) is 10.4. The summed E-state index contributed by atoms with van der Waals surface area (Å²) in [7, 11) is 0. The van der Waals surface area contributed by atoms with E-state index in [9.17, 15) is 0 Å². The number of hydrogen-bond donors (Lipinski definition) is 2. The van der Waals surface area contributed by atoms with Crippen LogP contribution in [0.1, 0.15) is 26.5 Å². The first kappa shape index (κ1) is 14.1. The van der Waals surface area contributed by atoms with Crippen molar-refractivity contribution in [1.82, 2.24) is 9.97 Å². The molecule has 0 fully saturated rings. The molecule has 6 heteroatoms. The molecule has 4 nitrogen and oxygen atoms in total. The SMILES string of the molecule is CC.CCNc1c(Cl)nc(Cl)nc1C=N. The van der Waals surface area contributed by atoms with E-state index in [1.807, 2.05) is 20.8 Å². The molecule has 0 saturated heterocycles. The fraction of sp³-hybridized carbons (Fsp3) is 0.444. The first-order chi connectivity index (χ1) is 7.19. The van der Waals surface area contributed by atoms with Crippen molar-refractivity contribution in [1.29, 1.82) is 5.41 Å². The summed E-state index contributed by atoms with van der Waals surface area (Å²) in [5, 5.41) is 10.3. The van der Waals surface area contributed by atoms with Crippen molar-refractivity contribution < 1.29 is 0 Å². The van der Waals surface area contributed by atoms with Gasteiger partial charge in [0.05, 0.1) is 5.69 Å². The Hall–Kier alpha value is -0.870. The van der Waals surface area contributed by atoms with Crippen molar-refractivity contribution in [2.24, 2.45) is 0 Å². The molecule has 0 radical (unpaired) electrons. The molecule has 0 aromatic carbocycles. The summed E-state index contributed by atoms with van der Waals surface area (Å²) in [6, 6.07) is 0. The van der Waals surface area contributed by atoms with Crippen LogP contribution in [0.15, 0.2) is 0 Å². The summed E-state index contributed by atoms with van der Waals surface area (Å²) < 4.78 is 0.